The summed E-state index contributed by atoms with van der Waals surface area (Å²) in [5, 5.41) is 2.74. The summed E-state index contributed by atoms with van der Waals surface area (Å²) in [4.78, 5) is 12.8. The van der Waals surface area contributed by atoms with E-state index in [1.807, 2.05) is 31.2 Å². The van der Waals surface area contributed by atoms with Crippen LogP contribution in [-0.2, 0) is 21.4 Å². The third-order valence-corrected chi connectivity index (χ3v) is 6.34. The van der Waals surface area contributed by atoms with E-state index in [0.717, 1.165) is 11.1 Å². The number of sulfonamides is 1. The van der Waals surface area contributed by atoms with E-state index in [4.69, 9.17) is 4.74 Å². The van der Waals surface area contributed by atoms with Crippen LogP contribution in [0.5, 0.6) is 5.75 Å². The predicted octanol–water partition coefficient (Wildman–Crippen LogP) is 3.83. The minimum atomic E-state index is -3.86. The van der Waals surface area contributed by atoms with Gasteiger partial charge in [0.1, 0.15) is 5.75 Å². The molecule has 3 aromatic rings. The maximum absolute atomic E-state index is 13.2. The van der Waals surface area contributed by atoms with Crippen LogP contribution < -0.4 is 10.1 Å². The van der Waals surface area contributed by atoms with Gasteiger partial charge in [-0.3, -0.25) is 4.79 Å². The number of carbonyl (C=O) groups is 1. The summed E-state index contributed by atoms with van der Waals surface area (Å²) in [6, 6.07) is 22.6. The number of ether oxygens (including phenoxy) is 1. The van der Waals surface area contributed by atoms with Gasteiger partial charge in [0.25, 0.3) is 0 Å². The molecule has 30 heavy (non-hydrogen) atoms. The zero-order valence-corrected chi connectivity index (χ0v) is 17.7. The minimum absolute atomic E-state index is 0.0863. The Morgan fingerprint density at radius 1 is 0.967 bits per heavy atom. The van der Waals surface area contributed by atoms with E-state index in [1.165, 1.54) is 23.5 Å². The van der Waals surface area contributed by atoms with Gasteiger partial charge in [0, 0.05) is 18.3 Å². The molecule has 0 saturated carbocycles. The fourth-order valence-electron chi connectivity index (χ4n) is 2.93. The smallest absolute Gasteiger partial charge is 0.243 e. The molecule has 156 valence electrons. The third-order valence-electron chi connectivity index (χ3n) is 4.53. The van der Waals surface area contributed by atoms with Crippen LogP contribution in [0.15, 0.2) is 83.8 Å². The van der Waals surface area contributed by atoms with Crippen LogP contribution >= 0.6 is 0 Å². The number of methoxy groups -OCH3 is 1. The molecule has 1 N–H and O–H groups in total. The van der Waals surface area contributed by atoms with Gasteiger partial charge in [-0.05, 0) is 36.8 Å². The summed E-state index contributed by atoms with van der Waals surface area (Å²) in [6.07, 6.45) is 0. The first-order valence-corrected chi connectivity index (χ1v) is 10.9. The maximum Gasteiger partial charge on any atom is 0.243 e. The highest BCUT2D eigenvalue weighted by Gasteiger charge is 2.26. The number of anilines is 1. The zero-order chi connectivity index (χ0) is 21.6. The van der Waals surface area contributed by atoms with E-state index in [2.05, 4.69) is 5.32 Å². The third kappa shape index (κ3) is 5.46. The van der Waals surface area contributed by atoms with Crippen molar-refractivity contribution in [3.05, 3.63) is 90.0 Å². The highest BCUT2D eigenvalue weighted by atomic mass is 32.2. The van der Waals surface area contributed by atoms with Crippen molar-refractivity contribution < 1.29 is 17.9 Å². The van der Waals surface area contributed by atoms with Crippen LogP contribution in [-0.4, -0.2) is 32.3 Å². The van der Waals surface area contributed by atoms with Gasteiger partial charge < -0.3 is 10.1 Å². The van der Waals surface area contributed by atoms with E-state index in [0.29, 0.717) is 11.4 Å². The SMILES string of the molecule is COc1cccc(NC(=O)CN(Cc2ccc(C)cc2)S(=O)(=O)c2ccccc2)c1. The summed E-state index contributed by atoms with van der Waals surface area (Å²) >= 11 is 0. The Kier molecular flexibility index (Phi) is 6.87. The van der Waals surface area contributed by atoms with E-state index >= 15 is 0 Å². The van der Waals surface area contributed by atoms with Gasteiger partial charge in [-0.15, -0.1) is 0 Å². The van der Waals surface area contributed by atoms with Crippen molar-refractivity contribution in [1.29, 1.82) is 0 Å². The van der Waals surface area contributed by atoms with Crippen molar-refractivity contribution >= 4 is 21.6 Å². The molecule has 0 aliphatic carbocycles. The molecule has 1 amide bonds. The van der Waals surface area contributed by atoms with E-state index < -0.39 is 15.9 Å². The molecular formula is C23H24N2O4S. The van der Waals surface area contributed by atoms with E-state index in [1.54, 1.807) is 42.5 Å². The van der Waals surface area contributed by atoms with E-state index in [-0.39, 0.29) is 18.0 Å². The topological polar surface area (TPSA) is 75.7 Å². The Hall–Kier alpha value is -3.16. The molecule has 0 aliphatic heterocycles. The van der Waals surface area contributed by atoms with E-state index in [9.17, 15) is 13.2 Å². The van der Waals surface area contributed by atoms with Gasteiger partial charge >= 0.3 is 0 Å². The van der Waals surface area contributed by atoms with Gasteiger partial charge in [-0.2, -0.15) is 4.31 Å². The summed E-state index contributed by atoms with van der Waals surface area (Å²) < 4.78 is 32.8. The lowest BCUT2D eigenvalue weighted by Crippen LogP contribution is -2.37. The van der Waals surface area contributed by atoms with Crippen LogP contribution in [0, 0.1) is 6.92 Å². The number of hydrogen-bond donors (Lipinski definition) is 1. The Bertz CT molecular complexity index is 1100. The molecule has 0 radical (unpaired) electrons. The second-order valence-corrected chi connectivity index (χ2v) is 8.79. The van der Waals surface area contributed by atoms with Gasteiger partial charge in [0.05, 0.1) is 18.6 Å². The average Bonchev–Trinajstić information content (AvgIpc) is 2.75. The quantitative estimate of drug-likeness (QED) is 0.596. The van der Waals surface area contributed by atoms with Crippen molar-refractivity contribution in [1.82, 2.24) is 4.31 Å². The molecule has 0 aliphatic rings. The van der Waals surface area contributed by atoms with Crippen molar-refractivity contribution in [2.75, 3.05) is 19.0 Å². The average molecular weight is 425 g/mol. The molecule has 0 spiro atoms. The lowest BCUT2D eigenvalue weighted by molar-refractivity contribution is -0.116. The fourth-order valence-corrected chi connectivity index (χ4v) is 4.33. The number of benzene rings is 3. The van der Waals surface area contributed by atoms with Gasteiger partial charge in [0.15, 0.2) is 0 Å². The molecule has 0 saturated heterocycles. The minimum Gasteiger partial charge on any atom is -0.497 e. The Morgan fingerprint density at radius 2 is 1.67 bits per heavy atom. The molecule has 0 fully saturated rings. The number of carbonyl (C=O) groups excluding carboxylic acids is 1. The summed E-state index contributed by atoms with van der Waals surface area (Å²) in [5.41, 5.74) is 2.41. The Morgan fingerprint density at radius 3 is 2.33 bits per heavy atom. The largest absolute Gasteiger partial charge is 0.497 e. The number of hydrogen-bond acceptors (Lipinski definition) is 4. The molecular weight excluding hydrogens is 400 g/mol. The standard InChI is InChI=1S/C23H24N2O4S/c1-18-11-13-19(14-12-18)16-25(30(27,28)22-9-4-3-5-10-22)17-23(26)24-20-7-6-8-21(15-20)29-2/h3-15H,16-17H2,1-2H3,(H,24,26). The molecule has 6 nitrogen and oxygen atoms in total. The van der Waals surface area contributed by atoms with Crippen LogP contribution in [0.25, 0.3) is 0 Å². The Labute approximate surface area is 177 Å². The molecule has 0 bridgehead atoms. The highest BCUT2D eigenvalue weighted by molar-refractivity contribution is 7.89. The van der Waals surface area contributed by atoms with Gasteiger partial charge in [-0.1, -0.05) is 54.1 Å². The van der Waals surface area contributed by atoms with Crippen molar-refractivity contribution in [3.63, 3.8) is 0 Å². The molecule has 0 atom stereocenters. The summed E-state index contributed by atoms with van der Waals surface area (Å²) in [7, 11) is -2.32. The first-order valence-electron chi connectivity index (χ1n) is 9.43. The second-order valence-electron chi connectivity index (χ2n) is 6.85. The normalized spacial score (nSPS) is 11.3. The molecule has 7 heteroatoms. The highest BCUT2D eigenvalue weighted by Crippen LogP contribution is 2.20. The molecule has 3 aromatic carbocycles. The van der Waals surface area contributed by atoms with Crippen LogP contribution in [0.1, 0.15) is 11.1 Å². The lowest BCUT2D eigenvalue weighted by atomic mass is 10.1. The number of rotatable bonds is 8. The monoisotopic (exact) mass is 424 g/mol. The van der Waals surface area contributed by atoms with Crippen molar-refractivity contribution in [2.45, 2.75) is 18.4 Å². The number of nitrogens with one attached hydrogen (secondary N) is 1. The number of nitrogens with zero attached hydrogens (tertiary/aromatic N) is 1. The molecule has 0 unspecified atom stereocenters. The Balaban J connectivity index is 1.84. The maximum atomic E-state index is 13.2. The summed E-state index contributed by atoms with van der Waals surface area (Å²) in [5.74, 6) is 0.163. The first-order chi connectivity index (χ1) is 14.4. The lowest BCUT2D eigenvalue weighted by Gasteiger charge is -2.22. The van der Waals surface area contributed by atoms with Gasteiger partial charge in [-0.25, -0.2) is 8.42 Å². The molecule has 3 rings (SSSR count). The van der Waals surface area contributed by atoms with Crippen LogP contribution in [0.3, 0.4) is 0 Å². The predicted molar refractivity (Wildman–Crippen MR) is 117 cm³/mol. The number of aryl methyl sites for hydroxylation is 1. The fraction of sp³-hybridized carbons (Fsp3) is 0.174. The van der Waals surface area contributed by atoms with Crippen LogP contribution in [0.4, 0.5) is 5.69 Å². The second kappa shape index (κ2) is 9.56. The van der Waals surface area contributed by atoms with Crippen molar-refractivity contribution in [3.8, 4) is 5.75 Å². The summed E-state index contributed by atoms with van der Waals surface area (Å²) in [6.45, 7) is 1.73. The van der Waals surface area contributed by atoms with Gasteiger partial charge in [0.2, 0.25) is 15.9 Å². The first kappa shape index (κ1) is 21.5. The van der Waals surface area contributed by atoms with Crippen LogP contribution in [0.2, 0.25) is 0 Å². The molecule has 0 heterocycles. The number of amides is 1. The molecule has 0 aromatic heterocycles. The van der Waals surface area contributed by atoms with Crippen molar-refractivity contribution in [2.24, 2.45) is 0 Å². The zero-order valence-electron chi connectivity index (χ0n) is 16.9.